The number of benzene rings is 2. The molecule has 2 heteroatoms. The Labute approximate surface area is 127 Å². The van der Waals surface area contributed by atoms with E-state index in [0.29, 0.717) is 6.04 Å². The van der Waals surface area contributed by atoms with Gasteiger partial charge >= 0.3 is 0 Å². The molecule has 21 heavy (non-hydrogen) atoms. The van der Waals surface area contributed by atoms with E-state index in [4.69, 9.17) is 4.74 Å². The summed E-state index contributed by atoms with van der Waals surface area (Å²) in [5.74, 6) is 0.959. The van der Waals surface area contributed by atoms with Gasteiger partial charge in [-0.1, -0.05) is 12.1 Å². The molecule has 0 aliphatic heterocycles. The monoisotopic (exact) mass is 281 g/mol. The van der Waals surface area contributed by atoms with E-state index < -0.39 is 0 Å². The standard InChI is InChI=1S/C19H23NO/c1-13-8-14(2)10-18(9-13)20-17-6-4-15-5-7-19(21-3)12-16(15)11-17/h5,7-10,12,17,20H,4,6,11H2,1-3H3. The minimum atomic E-state index is 0.505. The summed E-state index contributed by atoms with van der Waals surface area (Å²) in [5, 5.41) is 3.70. The van der Waals surface area contributed by atoms with Gasteiger partial charge in [0.15, 0.2) is 0 Å². The molecule has 2 nitrogen and oxygen atoms in total. The number of fused-ring (bicyclic) bond motifs is 1. The third kappa shape index (κ3) is 3.21. The molecule has 0 saturated carbocycles. The predicted octanol–water partition coefficient (Wildman–Crippen LogP) is 4.28. The van der Waals surface area contributed by atoms with Crippen LogP contribution in [0, 0.1) is 13.8 Å². The van der Waals surface area contributed by atoms with Crippen LogP contribution in [0.5, 0.6) is 5.75 Å². The van der Waals surface area contributed by atoms with Crippen molar-refractivity contribution in [2.75, 3.05) is 12.4 Å². The predicted molar refractivity (Wildman–Crippen MR) is 88.3 cm³/mol. The third-order valence-corrected chi connectivity index (χ3v) is 4.23. The van der Waals surface area contributed by atoms with Crippen LogP contribution in [-0.2, 0) is 12.8 Å². The fourth-order valence-corrected chi connectivity index (χ4v) is 3.28. The van der Waals surface area contributed by atoms with Crippen molar-refractivity contribution in [1.29, 1.82) is 0 Å². The lowest BCUT2D eigenvalue weighted by Crippen LogP contribution is -2.27. The molecule has 0 saturated heterocycles. The summed E-state index contributed by atoms with van der Waals surface area (Å²) in [7, 11) is 1.73. The molecule has 1 N–H and O–H groups in total. The highest BCUT2D eigenvalue weighted by Gasteiger charge is 2.19. The summed E-state index contributed by atoms with van der Waals surface area (Å²) in [6.45, 7) is 4.30. The number of hydrogen-bond acceptors (Lipinski definition) is 2. The number of aryl methyl sites for hydroxylation is 3. The Morgan fingerprint density at radius 2 is 1.76 bits per heavy atom. The molecule has 110 valence electrons. The van der Waals surface area contributed by atoms with Gasteiger partial charge in [0.25, 0.3) is 0 Å². The van der Waals surface area contributed by atoms with Gasteiger partial charge in [0.05, 0.1) is 7.11 Å². The van der Waals surface area contributed by atoms with E-state index in [1.165, 1.54) is 34.4 Å². The van der Waals surface area contributed by atoms with Crippen molar-refractivity contribution in [1.82, 2.24) is 0 Å². The van der Waals surface area contributed by atoms with Gasteiger partial charge < -0.3 is 10.1 Å². The molecule has 1 aliphatic carbocycles. The van der Waals surface area contributed by atoms with Crippen molar-refractivity contribution in [3.05, 3.63) is 58.7 Å². The molecule has 1 atom stereocenters. The zero-order valence-electron chi connectivity index (χ0n) is 13.1. The topological polar surface area (TPSA) is 21.3 Å². The molecule has 3 rings (SSSR count). The first kappa shape index (κ1) is 14.0. The Kier molecular flexibility index (Phi) is 3.87. The second kappa shape index (κ2) is 5.80. The number of methoxy groups -OCH3 is 1. The van der Waals surface area contributed by atoms with Gasteiger partial charge in [-0.3, -0.25) is 0 Å². The molecule has 0 heterocycles. The van der Waals surface area contributed by atoms with E-state index in [-0.39, 0.29) is 0 Å². The largest absolute Gasteiger partial charge is 0.497 e. The quantitative estimate of drug-likeness (QED) is 0.906. The van der Waals surface area contributed by atoms with Crippen LogP contribution in [0.15, 0.2) is 36.4 Å². The van der Waals surface area contributed by atoms with Gasteiger partial charge in [0, 0.05) is 11.7 Å². The maximum Gasteiger partial charge on any atom is 0.119 e. The maximum absolute atomic E-state index is 5.34. The molecule has 0 aromatic heterocycles. The average Bonchev–Trinajstić information content (AvgIpc) is 2.45. The molecule has 0 bridgehead atoms. The van der Waals surface area contributed by atoms with Crippen molar-refractivity contribution in [3.63, 3.8) is 0 Å². The lowest BCUT2D eigenvalue weighted by Gasteiger charge is -2.27. The van der Waals surface area contributed by atoms with Gasteiger partial charge in [-0.2, -0.15) is 0 Å². The molecule has 0 spiro atoms. The smallest absolute Gasteiger partial charge is 0.119 e. The second-order valence-electron chi connectivity index (χ2n) is 6.10. The minimum absolute atomic E-state index is 0.505. The first-order valence-corrected chi connectivity index (χ1v) is 7.64. The van der Waals surface area contributed by atoms with Gasteiger partial charge in [0.1, 0.15) is 5.75 Å². The molecular formula is C19H23NO. The number of ether oxygens (including phenoxy) is 1. The zero-order chi connectivity index (χ0) is 14.8. The van der Waals surface area contributed by atoms with Crippen LogP contribution >= 0.6 is 0 Å². The molecular weight excluding hydrogens is 258 g/mol. The van der Waals surface area contributed by atoms with Crippen LogP contribution in [0.4, 0.5) is 5.69 Å². The van der Waals surface area contributed by atoms with Crippen LogP contribution in [0.25, 0.3) is 0 Å². The summed E-state index contributed by atoms with van der Waals surface area (Å²) >= 11 is 0. The summed E-state index contributed by atoms with van der Waals surface area (Å²) in [6, 6.07) is 13.6. The highest BCUT2D eigenvalue weighted by molar-refractivity contribution is 5.50. The van der Waals surface area contributed by atoms with Crippen LogP contribution in [0.1, 0.15) is 28.7 Å². The van der Waals surface area contributed by atoms with Gasteiger partial charge in [-0.25, -0.2) is 0 Å². The summed E-state index contributed by atoms with van der Waals surface area (Å²) in [6.07, 6.45) is 3.40. The average molecular weight is 281 g/mol. The van der Waals surface area contributed by atoms with Crippen molar-refractivity contribution >= 4 is 5.69 Å². The SMILES string of the molecule is COc1ccc2c(c1)CC(Nc1cc(C)cc(C)c1)CC2. The van der Waals surface area contributed by atoms with Gasteiger partial charge in [-0.15, -0.1) is 0 Å². The van der Waals surface area contributed by atoms with E-state index in [2.05, 4.69) is 55.6 Å². The second-order valence-corrected chi connectivity index (χ2v) is 6.10. The summed E-state index contributed by atoms with van der Waals surface area (Å²) in [4.78, 5) is 0. The number of hydrogen-bond donors (Lipinski definition) is 1. The van der Waals surface area contributed by atoms with E-state index in [0.717, 1.165) is 18.6 Å². The van der Waals surface area contributed by atoms with E-state index in [1.54, 1.807) is 7.11 Å². The Morgan fingerprint density at radius 3 is 2.48 bits per heavy atom. The molecule has 2 aromatic rings. The van der Waals surface area contributed by atoms with Crippen LogP contribution in [0.3, 0.4) is 0 Å². The lowest BCUT2D eigenvalue weighted by molar-refractivity contribution is 0.413. The molecule has 0 amide bonds. The van der Waals surface area contributed by atoms with E-state index in [9.17, 15) is 0 Å². The Morgan fingerprint density at radius 1 is 1.00 bits per heavy atom. The molecule has 1 unspecified atom stereocenters. The normalized spacial score (nSPS) is 17.2. The number of nitrogens with one attached hydrogen (secondary N) is 1. The summed E-state index contributed by atoms with van der Waals surface area (Å²) < 4.78 is 5.34. The van der Waals surface area contributed by atoms with Crippen LogP contribution in [0.2, 0.25) is 0 Å². The van der Waals surface area contributed by atoms with E-state index in [1.807, 2.05) is 0 Å². The Hall–Kier alpha value is -1.96. The Bertz CT molecular complexity index is 628. The highest BCUT2D eigenvalue weighted by atomic mass is 16.5. The van der Waals surface area contributed by atoms with Crippen LogP contribution in [-0.4, -0.2) is 13.2 Å². The fourth-order valence-electron chi connectivity index (χ4n) is 3.28. The molecule has 0 fully saturated rings. The first-order chi connectivity index (χ1) is 10.1. The van der Waals surface area contributed by atoms with Gasteiger partial charge in [0.2, 0.25) is 0 Å². The van der Waals surface area contributed by atoms with Crippen molar-refractivity contribution in [2.45, 2.75) is 39.2 Å². The van der Waals surface area contributed by atoms with E-state index >= 15 is 0 Å². The number of anilines is 1. The summed E-state index contributed by atoms with van der Waals surface area (Å²) in [5.41, 5.74) is 6.76. The van der Waals surface area contributed by atoms with Crippen molar-refractivity contribution in [3.8, 4) is 5.75 Å². The molecule has 2 aromatic carbocycles. The fraction of sp³-hybridized carbons (Fsp3) is 0.368. The van der Waals surface area contributed by atoms with Crippen molar-refractivity contribution < 1.29 is 4.74 Å². The molecule has 0 radical (unpaired) electrons. The zero-order valence-corrected chi connectivity index (χ0v) is 13.1. The highest BCUT2D eigenvalue weighted by Crippen LogP contribution is 2.27. The van der Waals surface area contributed by atoms with Crippen LogP contribution < -0.4 is 10.1 Å². The minimum Gasteiger partial charge on any atom is -0.497 e. The van der Waals surface area contributed by atoms with Gasteiger partial charge in [-0.05, 0) is 79.6 Å². The number of rotatable bonds is 3. The lowest BCUT2D eigenvalue weighted by atomic mass is 9.88. The maximum atomic E-state index is 5.34. The van der Waals surface area contributed by atoms with Crippen molar-refractivity contribution in [2.24, 2.45) is 0 Å². The Balaban J connectivity index is 1.76. The first-order valence-electron chi connectivity index (χ1n) is 7.64. The molecule has 1 aliphatic rings. The third-order valence-electron chi connectivity index (χ3n) is 4.23.